The number of phenols is 2. The van der Waals surface area contributed by atoms with Crippen LogP contribution in [0.2, 0.25) is 0 Å². The van der Waals surface area contributed by atoms with Gasteiger partial charge in [0.05, 0.1) is 0 Å². The maximum Gasteiger partial charge on any atom is 0.115 e. The molecule has 0 saturated heterocycles. The Hall–Kier alpha value is -1.96. The molecule has 2 heteroatoms. The van der Waals surface area contributed by atoms with Crippen LogP contribution >= 0.6 is 0 Å². The minimum absolute atomic E-state index is 0.169. The maximum atomic E-state index is 8.65. The van der Waals surface area contributed by atoms with Gasteiger partial charge in [-0.05, 0) is 58.7 Å². The SMILES string of the molecule is CC(C)c1cc(C(C)C)cc(C(C)C)c1.Oc1ccc(O)cc1. The topological polar surface area (TPSA) is 40.5 Å². The van der Waals surface area contributed by atoms with E-state index in [1.807, 2.05) is 0 Å². The Morgan fingerprint density at radius 1 is 0.522 bits per heavy atom. The van der Waals surface area contributed by atoms with E-state index in [2.05, 4.69) is 59.7 Å². The minimum atomic E-state index is 0.169. The van der Waals surface area contributed by atoms with Crippen molar-refractivity contribution in [2.45, 2.75) is 59.3 Å². The average molecular weight is 314 g/mol. The second-order valence-corrected chi connectivity index (χ2v) is 6.91. The second kappa shape index (κ2) is 8.61. The number of hydrogen-bond acceptors (Lipinski definition) is 2. The van der Waals surface area contributed by atoms with E-state index in [9.17, 15) is 0 Å². The second-order valence-electron chi connectivity index (χ2n) is 6.91. The van der Waals surface area contributed by atoms with Gasteiger partial charge in [0, 0.05) is 0 Å². The molecule has 2 rings (SSSR count). The first-order chi connectivity index (χ1) is 10.7. The highest BCUT2D eigenvalue weighted by atomic mass is 16.3. The molecule has 0 aliphatic rings. The summed E-state index contributed by atoms with van der Waals surface area (Å²) in [5.74, 6) is 2.22. The summed E-state index contributed by atoms with van der Waals surface area (Å²) in [4.78, 5) is 0. The zero-order chi connectivity index (χ0) is 17.6. The van der Waals surface area contributed by atoms with E-state index < -0.39 is 0 Å². The van der Waals surface area contributed by atoms with Gasteiger partial charge in [-0.15, -0.1) is 0 Å². The molecule has 0 fully saturated rings. The number of hydrogen-bond donors (Lipinski definition) is 2. The molecule has 2 aromatic carbocycles. The van der Waals surface area contributed by atoms with Crippen molar-refractivity contribution in [2.24, 2.45) is 0 Å². The summed E-state index contributed by atoms with van der Waals surface area (Å²) in [6, 6.07) is 12.8. The molecule has 0 aliphatic heterocycles. The van der Waals surface area contributed by atoms with Crippen LogP contribution in [-0.2, 0) is 0 Å². The van der Waals surface area contributed by atoms with Crippen LogP contribution in [0.3, 0.4) is 0 Å². The lowest BCUT2D eigenvalue weighted by molar-refractivity contribution is 0.460. The third-order valence-corrected chi connectivity index (χ3v) is 3.85. The first kappa shape index (κ1) is 19.1. The molecule has 23 heavy (non-hydrogen) atoms. The molecule has 2 N–H and O–H groups in total. The fraction of sp³-hybridized carbons (Fsp3) is 0.429. The molecule has 0 bridgehead atoms. The lowest BCUT2D eigenvalue weighted by Gasteiger charge is -2.16. The Morgan fingerprint density at radius 2 is 0.739 bits per heavy atom. The van der Waals surface area contributed by atoms with E-state index in [1.54, 1.807) is 0 Å². The summed E-state index contributed by atoms with van der Waals surface area (Å²) in [7, 11) is 0. The molecule has 2 aromatic rings. The van der Waals surface area contributed by atoms with Crippen molar-refractivity contribution in [1.82, 2.24) is 0 Å². The predicted molar refractivity (Wildman–Crippen MR) is 98.5 cm³/mol. The Morgan fingerprint density at radius 3 is 0.913 bits per heavy atom. The van der Waals surface area contributed by atoms with Crippen LogP contribution in [0.5, 0.6) is 11.5 Å². The van der Waals surface area contributed by atoms with Crippen molar-refractivity contribution >= 4 is 0 Å². The van der Waals surface area contributed by atoms with Crippen molar-refractivity contribution in [2.75, 3.05) is 0 Å². The number of rotatable bonds is 3. The summed E-state index contributed by atoms with van der Waals surface area (Å²) in [5, 5.41) is 17.3. The van der Waals surface area contributed by atoms with Crippen LogP contribution in [0.15, 0.2) is 42.5 Å². The van der Waals surface area contributed by atoms with Crippen LogP contribution in [0.1, 0.15) is 76.0 Å². The van der Waals surface area contributed by atoms with E-state index in [1.165, 1.54) is 41.0 Å². The highest BCUT2D eigenvalue weighted by Gasteiger charge is 2.08. The van der Waals surface area contributed by atoms with Gasteiger partial charge in [0.25, 0.3) is 0 Å². The van der Waals surface area contributed by atoms with Crippen LogP contribution in [-0.4, -0.2) is 10.2 Å². The van der Waals surface area contributed by atoms with Gasteiger partial charge in [0.2, 0.25) is 0 Å². The molecule has 0 radical (unpaired) electrons. The quantitative estimate of drug-likeness (QED) is 0.666. The van der Waals surface area contributed by atoms with E-state index >= 15 is 0 Å². The van der Waals surface area contributed by atoms with Gasteiger partial charge in [0.1, 0.15) is 11.5 Å². The van der Waals surface area contributed by atoms with Crippen molar-refractivity contribution < 1.29 is 10.2 Å². The van der Waals surface area contributed by atoms with Crippen molar-refractivity contribution in [3.8, 4) is 11.5 Å². The van der Waals surface area contributed by atoms with Gasteiger partial charge >= 0.3 is 0 Å². The van der Waals surface area contributed by atoms with Gasteiger partial charge in [-0.25, -0.2) is 0 Å². The molecular weight excluding hydrogens is 284 g/mol. The zero-order valence-electron chi connectivity index (χ0n) is 15.2. The fourth-order valence-corrected chi connectivity index (χ4v) is 2.15. The lowest BCUT2D eigenvalue weighted by atomic mass is 9.90. The van der Waals surface area contributed by atoms with Crippen molar-refractivity contribution in [3.05, 3.63) is 59.2 Å². The van der Waals surface area contributed by atoms with Crippen molar-refractivity contribution in [3.63, 3.8) is 0 Å². The minimum Gasteiger partial charge on any atom is -0.508 e. The highest BCUT2D eigenvalue weighted by Crippen LogP contribution is 2.26. The monoisotopic (exact) mass is 314 g/mol. The first-order valence-electron chi connectivity index (χ1n) is 8.33. The number of phenolic OH excluding ortho intramolecular Hbond substituents is 2. The Kier molecular flexibility index (Phi) is 7.15. The van der Waals surface area contributed by atoms with Crippen LogP contribution in [0.4, 0.5) is 0 Å². The van der Waals surface area contributed by atoms with E-state index in [0.717, 1.165) is 0 Å². The lowest BCUT2D eigenvalue weighted by Crippen LogP contribution is -1.98. The first-order valence-corrected chi connectivity index (χ1v) is 8.33. The third kappa shape index (κ3) is 6.35. The molecule has 0 aliphatic carbocycles. The molecule has 0 atom stereocenters. The summed E-state index contributed by atoms with van der Waals surface area (Å²) >= 11 is 0. The summed E-state index contributed by atoms with van der Waals surface area (Å²) in [5.41, 5.74) is 4.43. The molecular formula is C21H30O2. The van der Waals surface area contributed by atoms with E-state index in [0.29, 0.717) is 17.8 Å². The van der Waals surface area contributed by atoms with Gasteiger partial charge in [0.15, 0.2) is 0 Å². The summed E-state index contributed by atoms with van der Waals surface area (Å²) in [6.07, 6.45) is 0. The Labute approximate surface area is 140 Å². The normalized spacial score (nSPS) is 10.8. The van der Waals surface area contributed by atoms with Gasteiger partial charge in [-0.1, -0.05) is 59.7 Å². The van der Waals surface area contributed by atoms with Gasteiger partial charge in [-0.2, -0.15) is 0 Å². The standard InChI is InChI=1S/C15H24.C6H6O2/c1-10(2)13-7-14(11(3)4)9-15(8-13)12(5)6;7-5-1-2-6(8)4-3-5/h7-12H,1-6H3;1-4,7-8H. The smallest absolute Gasteiger partial charge is 0.115 e. The van der Waals surface area contributed by atoms with E-state index in [-0.39, 0.29) is 11.5 Å². The van der Waals surface area contributed by atoms with Crippen LogP contribution in [0.25, 0.3) is 0 Å². The molecule has 2 nitrogen and oxygen atoms in total. The molecule has 0 unspecified atom stereocenters. The largest absolute Gasteiger partial charge is 0.508 e. The van der Waals surface area contributed by atoms with Crippen LogP contribution < -0.4 is 0 Å². The van der Waals surface area contributed by atoms with Gasteiger partial charge in [-0.3, -0.25) is 0 Å². The fourth-order valence-electron chi connectivity index (χ4n) is 2.15. The molecule has 0 amide bonds. The molecule has 0 heterocycles. The van der Waals surface area contributed by atoms with Crippen molar-refractivity contribution in [1.29, 1.82) is 0 Å². The zero-order valence-corrected chi connectivity index (χ0v) is 15.2. The Bertz CT molecular complexity index is 510. The van der Waals surface area contributed by atoms with Crippen LogP contribution in [0, 0.1) is 0 Å². The average Bonchev–Trinajstić information content (AvgIpc) is 2.50. The van der Waals surface area contributed by atoms with E-state index in [4.69, 9.17) is 10.2 Å². The maximum absolute atomic E-state index is 8.65. The summed E-state index contributed by atoms with van der Waals surface area (Å²) in [6.45, 7) is 13.6. The molecule has 126 valence electrons. The number of aromatic hydroxyl groups is 2. The predicted octanol–water partition coefficient (Wildman–Crippen LogP) is 6.15. The molecule has 0 saturated carbocycles. The Balaban J connectivity index is 0.000000277. The number of benzene rings is 2. The molecule has 0 aromatic heterocycles. The highest BCUT2D eigenvalue weighted by molar-refractivity contribution is 5.35. The molecule has 0 spiro atoms. The third-order valence-electron chi connectivity index (χ3n) is 3.85. The summed E-state index contributed by atoms with van der Waals surface area (Å²) < 4.78 is 0. The van der Waals surface area contributed by atoms with Gasteiger partial charge < -0.3 is 10.2 Å².